The molecule has 1 aromatic carbocycles. The van der Waals surface area contributed by atoms with Crippen LogP contribution in [0.2, 0.25) is 0 Å². The third-order valence-electron chi connectivity index (χ3n) is 4.99. The fourth-order valence-electron chi connectivity index (χ4n) is 3.61. The van der Waals surface area contributed by atoms with Crippen LogP contribution in [0.15, 0.2) is 35.5 Å². The normalized spacial score (nSPS) is 21.5. The van der Waals surface area contributed by atoms with Gasteiger partial charge in [-0.05, 0) is 50.3 Å². The largest absolute Gasteiger partial charge is 0.497 e. The summed E-state index contributed by atoms with van der Waals surface area (Å²) >= 11 is 0. The molecule has 2 aliphatic rings. The Kier molecular flexibility index (Phi) is 5.81. The number of urea groups is 1. The van der Waals surface area contributed by atoms with E-state index in [0.717, 1.165) is 31.2 Å². The average molecular weight is 358 g/mol. The van der Waals surface area contributed by atoms with E-state index in [1.807, 2.05) is 24.3 Å². The van der Waals surface area contributed by atoms with Crippen molar-refractivity contribution < 1.29 is 19.1 Å². The smallest absolute Gasteiger partial charge is 0.338 e. The van der Waals surface area contributed by atoms with Crippen LogP contribution in [0.3, 0.4) is 0 Å². The second-order valence-corrected chi connectivity index (χ2v) is 6.87. The van der Waals surface area contributed by atoms with Gasteiger partial charge in [0.1, 0.15) is 11.9 Å². The van der Waals surface area contributed by atoms with Crippen LogP contribution >= 0.6 is 0 Å². The molecule has 0 bridgehead atoms. The number of rotatable bonds is 4. The second kappa shape index (κ2) is 8.25. The minimum atomic E-state index is -0.558. The van der Waals surface area contributed by atoms with Crippen molar-refractivity contribution in [1.82, 2.24) is 10.6 Å². The first-order chi connectivity index (χ1) is 12.6. The fraction of sp³-hybridized carbons (Fsp3) is 0.500. The number of hydrogen-bond donors (Lipinski definition) is 2. The van der Waals surface area contributed by atoms with Gasteiger partial charge in [-0.3, -0.25) is 0 Å². The minimum absolute atomic E-state index is 0.0473. The van der Waals surface area contributed by atoms with E-state index in [1.165, 1.54) is 12.8 Å². The van der Waals surface area contributed by atoms with Gasteiger partial charge < -0.3 is 20.1 Å². The van der Waals surface area contributed by atoms with Crippen LogP contribution in [0.5, 0.6) is 5.75 Å². The zero-order valence-electron chi connectivity index (χ0n) is 15.3. The topological polar surface area (TPSA) is 76.7 Å². The number of allylic oxidation sites excluding steroid dienone is 1. The maximum absolute atomic E-state index is 12.9. The lowest BCUT2D eigenvalue weighted by molar-refractivity contribution is -0.145. The third-order valence-corrected chi connectivity index (χ3v) is 4.99. The van der Waals surface area contributed by atoms with E-state index in [4.69, 9.17) is 9.47 Å². The summed E-state index contributed by atoms with van der Waals surface area (Å²) in [6.07, 6.45) is 6.33. The molecule has 1 atom stereocenters. The highest BCUT2D eigenvalue weighted by Gasteiger charge is 2.33. The van der Waals surface area contributed by atoms with Gasteiger partial charge in [0.2, 0.25) is 0 Å². The number of carbonyl (C=O) groups is 2. The molecule has 1 saturated carbocycles. The van der Waals surface area contributed by atoms with E-state index in [1.54, 1.807) is 14.0 Å². The van der Waals surface area contributed by atoms with Crippen LogP contribution in [0.1, 0.15) is 57.1 Å². The molecular weight excluding hydrogens is 332 g/mol. The molecule has 2 N–H and O–H groups in total. The zero-order valence-corrected chi connectivity index (χ0v) is 15.3. The average Bonchev–Trinajstić information content (AvgIpc) is 2.89. The van der Waals surface area contributed by atoms with Crippen LogP contribution in [0.25, 0.3) is 0 Å². The monoisotopic (exact) mass is 358 g/mol. The number of carbonyl (C=O) groups excluding carboxylic acids is 2. The van der Waals surface area contributed by atoms with Crippen LogP contribution in [-0.4, -0.2) is 25.2 Å². The number of amides is 2. The molecule has 2 amide bonds. The van der Waals surface area contributed by atoms with Gasteiger partial charge in [-0.2, -0.15) is 0 Å². The molecule has 0 aromatic heterocycles. The van der Waals surface area contributed by atoms with Gasteiger partial charge in [0.15, 0.2) is 0 Å². The molecule has 0 saturated heterocycles. The predicted octanol–water partition coefficient (Wildman–Crippen LogP) is 3.59. The fourth-order valence-corrected chi connectivity index (χ4v) is 3.61. The van der Waals surface area contributed by atoms with Gasteiger partial charge in [-0.1, -0.05) is 25.0 Å². The van der Waals surface area contributed by atoms with Crippen molar-refractivity contribution in [2.45, 2.75) is 57.6 Å². The summed E-state index contributed by atoms with van der Waals surface area (Å²) in [6, 6.07) is 6.46. The molecule has 1 heterocycles. The summed E-state index contributed by atoms with van der Waals surface area (Å²) in [4.78, 5) is 24.9. The maximum atomic E-state index is 12.9. The minimum Gasteiger partial charge on any atom is -0.497 e. The number of ether oxygens (including phenoxy) is 2. The Hall–Kier alpha value is -2.50. The van der Waals surface area contributed by atoms with Gasteiger partial charge in [-0.15, -0.1) is 0 Å². The van der Waals surface area contributed by atoms with Gasteiger partial charge in [0.05, 0.1) is 18.7 Å². The molecule has 0 unspecified atom stereocenters. The first-order valence-corrected chi connectivity index (χ1v) is 9.21. The third kappa shape index (κ3) is 4.18. The lowest BCUT2D eigenvalue weighted by Gasteiger charge is -2.29. The van der Waals surface area contributed by atoms with Gasteiger partial charge in [0.25, 0.3) is 0 Å². The predicted molar refractivity (Wildman–Crippen MR) is 97.7 cm³/mol. The molecule has 26 heavy (non-hydrogen) atoms. The summed E-state index contributed by atoms with van der Waals surface area (Å²) in [5.41, 5.74) is 1.76. The van der Waals surface area contributed by atoms with E-state index in [0.29, 0.717) is 17.0 Å². The number of hydrogen-bond acceptors (Lipinski definition) is 4. The van der Waals surface area contributed by atoms with E-state index < -0.39 is 6.04 Å². The SMILES string of the molecule is COc1cccc([C@@H]2NC(=O)NC(C)=C2C(=O)OC2CCCCCC2)c1. The lowest BCUT2D eigenvalue weighted by Crippen LogP contribution is -2.45. The highest BCUT2D eigenvalue weighted by Crippen LogP contribution is 2.31. The molecule has 6 nitrogen and oxygen atoms in total. The van der Waals surface area contributed by atoms with E-state index >= 15 is 0 Å². The molecule has 3 rings (SSSR count). The Labute approximate surface area is 153 Å². The molecule has 1 aliphatic carbocycles. The van der Waals surface area contributed by atoms with Crippen molar-refractivity contribution in [3.63, 3.8) is 0 Å². The standard InChI is InChI=1S/C20H26N2O4/c1-13-17(19(23)26-15-9-5-3-4-6-10-15)18(22-20(24)21-13)14-8-7-11-16(12-14)25-2/h7-8,11-12,15,18H,3-6,9-10H2,1-2H3,(H2,21,22,24)/t18-/m0/s1. The number of esters is 1. The van der Waals surface area contributed by atoms with E-state index in [2.05, 4.69) is 10.6 Å². The highest BCUT2D eigenvalue weighted by molar-refractivity contribution is 5.95. The van der Waals surface area contributed by atoms with Gasteiger partial charge in [0, 0.05) is 5.70 Å². The van der Waals surface area contributed by atoms with E-state index in [-0.39, 0.29) is 18.1 Å². The van der Waals surface area contributed by atoms with Crippen molar-refractivity contribution in [1.29, 1.82) is 0 Å². The molecule has 0 spiro atoms. The van der Waals surface area contributed by atoms with E-state index in [9.17, 15) is 9.59 Å². The van der Waals surface area contributed by atoms with Gasteiger partial charge in [-0.25, -0.2) is 9.59 Å². The number of nitrogens with one attached hydrogen (secondary N) is 2. The van der Waals surface area contributed by atoms with Gasteiger partial charge >= 0.3 is 12.0 Å². The van der Waals surface area contributed by atoms with Crippen molar-refractivity contribution >= 4 is 12.0 Å². The summed E-state index contributed by atoms with van der Waals surface area (Å²) in [7, 11) is 1.59. The summed E-state index contributed by atoms with van der Waals surface area (Å²) in [6.45, 7) is 1.73. The lowest BCUT2D eigenvalue weighted by atomic mass is 9.95. The Bertz CT molecular complexity index is 706. The maximum Gasteiger partial charge on any atom is 0.338 e. The molecule has 140 valence electrons. The molecule has 1 aromatic rings. The van der Waals surface area contributed by atoms with Crippen molar-refractivity contribution in [3.05, 3.63) is 41.1 Å². The molecule has 1 aliphatic heterocycles. The van der Waals surface area contributed by atoms with Crippen molar-refractivity contribution in [2.24, 2.45) is 0 Å². The van der Waals surface area contributed by atoms with Crippen LogP contribution < -0.4 is 15.4 Å². The Balaban J connectivity index is 1.86. The van der Waals surface area contributed by atoms with Crippen molar-refractivity contribution in [3.8, 4) is 5.75 Å². The first-order valence-electron chi connectivity index (χ1n) is 9.21. The van der Waals surface area contributed by atoms with Crippen LogP contribution in [-0.2, 0) is 9.53 Å². The first kappa shape index (κ1) is 18.3. The summed E-state index contributed by atoms with van der Waals surface area (Å²) < 4.78 is 11.1. The summed E-state index contributed by atoms with van der Waals surface area (Å²) in [5.74, 6) is 0.305. The quantitative estimate of drug-likeness (QED) is 0.637. The number of benzene rings is 1. The second-order valence-electron chi connectivity index (χ2n) is 6.87. The van der Waals surface area contributed by atoms with Crippen LogP contribution in [0.4, 0.5) is 4.79 Å². The number of methoxy groups -OCH3 is 1. The Morgan fingerprint density at radius 3 is 2.58 bits per heavy atom. The summed E-state index contributed by atoms with van der Waals surface area (Å²) in [5, 5.41) is 5.52. The molecule has 1 fully saturated rings. The van der Waals surface area contributed by atoms with Crippen LogP contribution in [0, 0.1) is 0 Å². The molecular formula is C20H26N2O4. The highest BCUT2D eigenvalue weighted by atomic mass is 16.5. The molecule has 0 radical (unpaired) electrons. The Morgan fingerprint density at radius 2 is 1.88 bits per heavy atom. The van der Waals surface area contributed by atoms with Crippen molar-refractivity contribution in [2.75, 3.05) is 7.11 Å². The Morgan fingerprint density at radius 1 is 1.15 bits per heavy atom. The molecule has 6 heteroatoms. The zero-order chi connectivity index (χ0) is 18.5.